The zero-order chi connectivity index (χ0) is 11.5. The topological polar surface area (TPSA) is 21.3 Å². The predicted molar refractivity (Wildman–Crippen MR) is 64.6 cm³/mol. The van der Waals surface area contributed by atoms with Gasteiger partial charge in [-0.05, 0) is 39.0 Å². The van der Waals surface area contributed by atoms with Gasteiger partial charge in [0.25, 0.3) is 0 Å². The Morgan fingerprint density at radius 1 is 1.31 bits per heavy atom. The molecule has 0 aliphatic rings. The number of nitrogens with one attached hydrogen (secondary N) is 1. The summed E-state index contributed by atoms with van der Waals surface area (Å²) in [5, 5.41) is 4.14. The van der Waals surface area contributed by atoms with Crippen LogP contribution in [0.1, 0.15) is 26.3 Å². The van der Waals surface area contributed by atoms with Crippen molar-refractivity contribution in [3.05, 3.63) is 28.8 Å². The van der Waals surface area contributed by atoms with E-state index in [2.05, 4.69) is 26.1 Å². The Bertz CT molecular complexity index is 334. The molecule has 16 heavy (non-hydrogen) atoms. The fourth-order valence-corrected chi connectivity index (χ4v) is 1.44. The molecule has 0 fully saturated rings. The van der Waals surface area contributed by atoms with Gasteiger partial charge in [0.15, 0.2) is 0 Å². The van der Waals surface area contributed by atoms with Crippen molar-refractivity contribution in [3.8, 4) is 5.75 Å². The first kappa shape index (κ1) is 15.6. The third-order valence-electron chi connectivity index (χ3n) is 2.05. The van der Waals surface area contributed by atoms with Crippen molar-refractivity contribution in [1.29, 1.82) is 0 Å². The molecule has 0 bridgehead atoms. The molecule has 1 rings (SSSR count). The van der Waals surface area contributed by atoms with E-state index in [1.165, 1.54) is 0 Å². The minimum Gasteiger partial charge on any atom is -1.00 e. The van der Waals surface area contributed by atoms with Crippen molar-refractivity contribution in [2.45, 2.75) is 32.9 Å². The zero-order valence-corrected chi connectivity index (χ0v) is 11.6. The third kappa shape index (κ3) is 5.06. The summed E-state index contributed by atoms with van der Waals surface area (Å²) in [5.74, 6) is 0.871. The number of methoxy groups -OCH3 is 1. The summed E-state index contributed by atoms with van der Waals surface area (Å²) >= 11 is 5.94. The lowest BCUT2D eigenvalue weighted by molar-refractivity contribution is -0.00000410. The van der Waals surface area contributed by atoms with Crippen LogP contribution in [0.15, 0.2) is 18.2 Å². The van der Waals surface area contributed by atoms with Crippen molar-refractivity contribution < 1.29 is 17.1 Å². The number of halogens is 2. The van der Waals surface area contributed by atoms with Crippen LogP contribution in [0.2, 0.25) is 5.02 Å². The number of hydrogen-bond acceptors (Lipinski definition) is 2. The number of benzene rings is 1. The molecular weight excluding hydrogens is 245 g/mol. The van der Waals surface area contributed by atoms with E-state index in [9.17, 15) is 0 Å². The molecule has 0 aliphatic heterocycles. The van der Waals surface area contributed by atoms with E-state index >= 15 is 0 Å². The molecule has 0 aromatic heterocycles. The molecule has 0 spiro atoms. The van der Waals surface area contributed by atoms with Crippen LogP contribution in [-0.4, -0.2) is 12.6 Å². The van der Waals surface area contributed by atoms with Gasteiger partial charge in [-0.3, -0.25) is 0 Å². The number of rotatable bonds is 3. The first-order valence-electron chi connectivity index (χ1n) is 5.00. The van der Waals surface area contributed by atoms with Crippen LogP contribution in [0.5, 0.6) is 5.75 Å². The Kier molecular flexibility index (Phi) is 6.16. The van der Waals surface area contributed by atoms with Gasteiger partial charge in [-0.15, -0.1) is 0 Å². The predicted octanol–water partition coefficient (Wildman–Crippen LogP) is 0.241. The second kappa shape index (κ2) is 6.33. The molecule has 1 aromatic rings. The summed E-state index contributed by atoms with van der Waals surface area (Å²) in [5.41, 5.74) is 1.17. The van der Waals surface area contributed by atoms with E-state index in [1.54, 1.807) is 7.11 Å². The average Bonchev–Trinajstić information content (AvgIpc) is 2.14. The van der Waals surface area contributed by atoms with Gasteiger partial charge in [0, 0.05) is 22.7 Å². The molecule has 0 radical (unpaired) electrons. The van der Waals surface area contributed by atoms with Crippen LogP contribution in [0.3, 0.4) is 0 Å². The van der Waals surface area contributed by atoms with E-state index in [0.717, 1.165) is 22.9 Å². The van der Waals surface area contributed by atoms with Crippen LogP contribution in [0.25, 0.3) is 0 Å². The Balaban J connectivity index is 0.00000225. The van der Waals surface area contributed by atoms with Crippen LogP contribution in [-0.2, 0) is 6.54 Å². The maximum atomic E-state index is 5.94. The minimum absolute atomic E-state index is 0. The molecule has 0 aliphatic carbocycles. The number of hydrogen-bond donors (Lipinski definition) is 1. The lowest BCUT2D eigenvalue weighted by Crippen LogP contribution is -3.00. The maximum Gasteiger partial charge on any atom is 0.123 e. The Hall–Kier alpha value is -0.440. The van der Waals surface area contributed by atoms with Gasteiger partial charge in [0.1, 0.15) is 5.75 Å². The SMILES string of the molecule is COc1ccc(Cl)cc1CNC(C)(C)C.[Cl-]. The molecule has 0 atom stereocenters. The highest BCUT2D eigenvalue weighted by atomic mass is 35.5. The van der Waals surface area contributed by atoms with Crippen molar-refractivity contribution in [2.24, 2.45) is 0 Å². The molecule has 2 nitrogen and oxygen atoms in total. The zero-order valence-electron chi connectivity index (χ0n) is 10.1. The molecular formula is C12H18Cl2NO-. The van der Waals surface area contributed by atoms with Gasteiger partial charge in [-0.1, -0.05) is 11.6 Å². The molecule has 0 saturated carbocycles. The second-order valence-corrected chi connectivity index (χ2v) is 5.00. The van der Waals surface area contributed by atoms with Crippen LogP contribution < -0.4 is 22.5 Å². The van der Waals surface area contributed by atoms with Crippen molar-refractivity contribution in [1.82, 2.24) is 5.32 Å². The Morgan fingerprint density at radius 3 is 2.44 bits per heavy atom. The van der Waals surface area contributed by atoms with Gasteiger partial charge in [0.2, 0.25) is 0 Å². The lowest BCUT2D eigenvalue weighted by atomic mass is 10.1. The molecule has 0 unspecified atom stereocenters. The smallest absolute Gasteiger partial charge is 0.123 e. The van der Waals surface area contributed by atoms with E-state index in [-0.39, 0.29) is 17.9 Å². The average molecular weight is 263 g/mol. The van der Waals surface area contributed by atoms with Gasteiger partial charge in [-0.25, -0.2) is 0 Å². The van der Waals surface area contributed by atoms with E-state index in [1.807, 2.05) is 18.2 Å². The summed E-state index contributed by atoms with van der Waals surface area (Å²) < 4.78 is 5.27. The molecule has 0 saturated heterocycles. The molecule has 0 heterocycles. The van der Waals surface area contributed by atoms with Crippen molar-refractivity contribution >= 4 is 11.6 Å². The van der Waals surface area contributed by atoms with Crippen LogP contribution in [0.4, 0.5) is 0 Å². The van der Waals surface area contributed by atoms with E-state index < -0.39 is 0 Å². The first-order valence-corrected chi connectivity index (χ1v) is 5.37. The standard InChI is InChI=1S/C12H18ClNO.ClH/c1-12(2,3)14-8-9-7-10(13)5-6-11(9)15-4;/h5-7,14H,8H2,1-4H3;1H/p-1. The number of ether oxygens (including phenoxy) is 1. The maximum absolute atomic E-state index is 5.94. The van der Waals surface area contributed by atoms with Crippen molar-refractivity contribution in [3.63, 3.8) is 0 Å². The van der Waals surface area contributed by atoms with Crippen LogP contribution >= 0.6 is 11.6 Å². The Morgan fingerprint density at radius 2 is 1.94 bits per heavy atom. The highest BCUT2D eigenvalue weighted by molar-refractivity contribution is 6.30. The second-order valence-electron chi connectivity index (χ2n) is 4.56. The van der Waals surface area contributed by atoms with Gasteiger partial charge in [-0.2, -0.15) is 0 Å². The monoisotopic (exact) mass is 262 g/mol. The highest BCUT2D eigenvalue weighted by Gasteiger charge is 2.10. The molecule has 4 heteroatoms. The normalized spacial score (nSPS) is 10.8. The first-order chi connectivity index (χ1) is 6.92. The summed E-state index contributed by atoms with van der Waals surface area (Å²) in [6.07, 6.45) is 0. The largest absolute Gasteiger partial charge is 1.00 e. The highest BCUT2D eigenvalue weighted by Crippen LogP contribution is 2.22. The quantitative estimate of drug-likeness (QED) is 0.843. The summed E-state index contributed by atoms with van der Waals surface area (Å²) in [7, 11) is 1.67. The fourth-order valence-electron chi connectivity index (χ4n) is 1.25. The lowest BCUT2D eigenvalue weighted by Gasteiger charge is -2.21. The minimum atomic E-state index is 0. The van der Waals surface area contributed by atoms with Gasteiger partial charge < -0.3 is 22.5 Å². The Labute approximate surface area is 109 Å². The summed E-state index contributed by atoms with van der Waals surface area (Å²) in [6, 6.07) is 5.65. The fraction of sp³-hybridized carbons (Fsp3) is 0.500. The summed E-state index contributed by atoms with van der Waals surface area (Å²) in [6.45, 7) is 7.14. The van der Waals surface area contributed by atoms with E-state index in [0.29, 0.717) is 0 Å². The van der Waals surface area contributed by atoms with Gasteiger partial charge in [0.05, 0.1) is 7.11 Å². The van der Waals surface area contributed by atoms with Gasteiger partial charge >= 0.3 is 0 Å². The van der Waals surface area contributed by atoms with Crippen molar-refractivity contribution in [2.75, 3.05) is 7.11 Å². The van der Waals surface area contributed by atoms with E-state index in [4.69, 9.17) is 16.3 Å². The molecule has 1 N–H and O–H groups in total. The summed E-state index contributed by atoms with van der Waals surface area (Å²) in [4.78, 5) is 0. The molecule has 1 aromatic carbocycles. The molecule has 0 amide bonds. The molecule has 92 valence electrons. The van der Waals surface area contributed by atoms with Crippen LogP contribution in [0, 0.1) is 0 Å². The third-order valence-corrected chi connectivity index (χ3v) is 2.29.